The Morgan fingerprint density at radius 1 is 0.844 bits per heavy atom. The molecule has 3 aromatic carbocycles. The molecule has 2 nitrogen and oxygen atoms in total. The summed E-state index contributed by atoms with van der Waals surface area (Å²) in [6.45, 7) is 13.1. The minimum absolute atomic E-state index is 0.175. The lowest BCUT2D eigenvalue weighted by Crippen LogP contribution is -2.22. The number of ether oxygens (including phenoxy) is 2. The van der Waals surface area contributed by atoms with Gasteiger partial charge < -0.3 is 9.47 Å². The summed E-state index contributed by atoms with van der Waals surface area (Å²) in [6.07, 6.45) is 0.702. The topological polar surface area (TPSA) is 18.5 Å². The third-order valence-electron chi connectivity index (χ3n) is 5.32. The van der Waals surface area contributed by atoms with Gasteiger partial charge in [-0.3, -0.25) is 0 Å². The summed E-state index contributed by atoms with van der Waals surface area (Å²) < 4.78 is 26.7. The summed E-state index contributed by atoms with van der Waals surface area (Å²) in [5, 5.41) is 0. The minimum atomic E-state index is -0.267. The van der Waals surface area contributed by atoms with Crippen molar-refractivity contribution in [2.75, 3.05) is 7.11 Å². The predicted octanol–water partition coefficient (Wildman–Crippen LogP) is 8.39. The molecule has 0 aromatic heterocycles. The van der Waals surface area contributed by atoms with Gasteiger partial charge in [0, 0.05) is 5.56 Å². The highest BCUT2D eigenvalue weighted by Gasteiger charge is 2.30. The Labute approximate surface area is 193 Å². The smallest absolute Gasteiger partial charge is 0.131 e. The Morgan fingerprint density at radius 2 is 1.53 bits per heavy atom. The molecule has 0 spiro atoms. The van der Waals surface area contributed by atoms with E-state index in [1.807, 2.05) is 38.1 Å². The lowest BCUT2D eigenvalue weighted by atomic mass is 9.80. The van der Waals surface area contributed by atoms with Crippen LogP contribution in [0.25, 0.3) is 11.1 Å². The van der Waals surface area contributed by atoms with Gasteiger partial charge in [-0.2, -0.15) is 0 Å². The van der Waals surface area contributed by atoms with Crippen molar-refractivity contribution >= 4 is 0 Å². The van der Waals surface area contributed by atoms with Gasteiger partial charge in [-0.15, -0.1) is 0 Å². The Bertz CT molecular complexity index is 974. The maximum atomic E-state index is 14.9. The highest BCUT2D eigenvalue weighted by molar-refractivity contribution is 5.70. The van der Waals surface area contributed by atoms with Crippen molar-refractivity contribution in [2.24, 2.45) is 5.41 Å². The Hall–Kier alpha value is -2.65. The minimum Gasteiger partial charge on any atom is -0.497 e. The zero-order valence-corrected chi connectivity index (χ0v) is 20.5. The molecule has 0 bridgehead atoms. The maximum Gasteiger partial charge on any atom is 0.131 e. The van der Waals surface area contributed by atoms with Crippen molar-refractivity contribution in [3.63, 3.8) is 0 Å². The van der Waals surface area contributed by atoms with E-state index in [0.717, 1.165) is 23.1 Å². The van der Waals surface area contributed by atoms with E-state index in [-0.39, 0.29) is 17.3 Å². The van der Waals surface area contributed by atoms with Gasteiger partial charge in [0.15, 0.2) is 0 Å². The fourth-order valence-electron chi connectivity index (χ4n) is 3.69. The van der Waals surface area contributed by atoms with E-state index in [0.29, 0.717) is 17.9 Å². The molecule has 172 valence electrons. The fraction of sp³-hybridized carbons (Fsp3) is 0.379. The third-order valence-corrected chi connectivity index (χ3v) is 5.32. The van der Waals surface area contributed by atoms with Gasteiger partial charge in [0.1, 0.15) is 11.6 Å². The second-order valence-electron chi connectivity index (χ2n) is 8.66. The van der Waals surface area contributed by atoms with Crippen molar-refractivity contribution in [1.29, 1.82) is 0 Å². The second kappa shape index (κ2) is 11.8. The Balaban J connectivity index is 0.00000176. The first-order valence-corrected chi connectivity index (χ1v) is 11.5. The number of rotatable bonds is 7. The quantitative estimate of drug-likeness (QED) is 0.370. The van der Waals surface area contributed by atoms with Crippen LogP contribution in [0.2, 0.25) is 0 Å². The molecule has 3 rings (SSSR count). The van der Waals surface area contributed by atoms with Crippen LogP contribution >= 0.6 is 0 Å². The molecule has 0 aliphatic heterocycles. The van der Waals surface area contributed by atoms with Gasteiger partial charge in [0.25, 0.3) is 0 Å². The van der Waals surface area contributed by atoms with Gasteiger partial charge in [-0.25, -0.2) is 4.39 Å². The molecule has 0 N–H and O–H groups in total. The molecular formula is C29H37FO2. The molecule has 1 atom stereocenters. The van der Waals surface area contributed by atoms with Crippen molar-refractivity contribution in [3.8, 4) is 16.9 Å². The number of hydrogen-bond acceptors (Lipinski definition) is 2. The van der Waals surface area contributed by atoms with Crippen molar-refractivity contribution in [3.05, 3.63) is 89.2 Å². The molecule has 3 heteroatoms. The van der Waals surface area contributed by atoms with Crippen molar-refractivity contribution in [2.45, 2.75) is 60.7 Å². The summed E-state index contributed by atoms with van der Waals surface area (Å²) >= 11 is 0. The summed E-state index contributed by atoms with van der Waals surface area (Å²) in [5.74, 6) is 0.367. The first-order valence-electron chi connectivity index (χ1n) is 11.5. The number of aryl methyl sites for hydroxylation is 1. The molecule has 0 radical (unpaired) electrons. The predicted molar refractivity (Wildman–Crippen MR) is 133 cm³/mol. The summed E-state index contributed by atoms with van der Waals surface area (Å²) in [5.41, 5.74) is 4.53. The number of methoxy groups -OCH3 is 1. The first-order chi connectivity index (χ1) is 15.3. The number of hydrogen-bond donors (Lipinski definition) is 0. The van der Waals surface area contributed by atoms with Crippen LogP contribution in [0.15, 0.2) is 66.7 Å². The highest BCUT2D eigenvalue weighted by Crippen LogP contribution is 2.43. The van der Waals surface area contributed by atoms with E-state index in [4.69, 9.17) is 9.47 Å². The summed E-state index contributed by atoms with van der Waals surface area (Å²) in [7, 11) is 1.60. The van der Waals surface area contributed by atoms with E-state index in [1.54, 1.807) is 19.2 Å². The molecule has 0 aliphatic rings. The van der Waals surface area contributed by atoms with E-state index in [2.05, 4.69) is 52.0 Å². The van der Waals surface area contributed by atoms with Crippen molar-refractivity contribution < 1.29 is 13.9 Å². The summed E-state index contributed by atoms with van der Waals surface area (Å²) in [4.78, 5) is 0. The number of benzene rings is 3. The highest BCUT2D eigenvalue weighted by atomic mass is 19.1. The average molecular weight is 437 g/mol. The van der Waals surface area contributed by atoms with Gasteiger partial charge in [0.2, 0.25) is 0 Å². The number of halogens is 1. The zero-order chi connectivity index (χ0) is 23.7. The van der Waals surface area contributed by atoms with Gasteiger partial charge in [0.05, 0.1) is 19.8 Å². The molecule has 0 amide bonds. The van der Waals surface area contributed by atoms with Crippen LogP contribution < -0.4 is 4.74 Å². The molecule has 3 aromatic rings. The van der Waals surface area contributed by atoms with Crippen LogP contribution in [0.5, 0.6) is 5.75 Å². The monoisotopic (exact) mass is 436 g/mol. The van der Waals surface area contributed by atoms with Gasteiger partial charge in [-0.1, -0.05) is 90.1 Å². The van der Waals surface area contributed by atoms with Crippen LogP contribution in [0.3, 0.4) is 0 Å². The summed E-state index contributed by atoms with van der Waals surface area (Å²) in [6, 6.07) is 21.2. The standard InChI is InChI=1S/C27H31FO2.C2H6/c1-6-19-12-14-22(23-17-21(29-5)13-15-25(23)28)24(16-19)26(27(2,3)4)30-18-20-10-8-7-9-11-20;1-2/h7-17,26H,6,18H2,1-5H3;1-2H3. The third kappa shape index (κ3) is 6.43. The molecule has 1 unspecified atom stereocenters. The van der Waals surface area contributed by atoms with Crippen LogP contribution in [0.1, 0.15) is 64.3 Å². The average Bonchev–Trinajstić information content (AvgIpc) is 2.81. The molecule has 0 saturated heterocycles. The largest absolute Gasteiger partial charge is 0.497 e. The molecule has 32 heavy (non-hydrogen) atoms. The van der Waals surface area contributed by atoms with Crippen LogP contribution in [-0.4, -0.2) is 7.11 Å². The van der Waals surface area contributed by atoms with E-state index >= 15 is 0 Å². The Kier molecular flexibility index (Phi) is 9.46. The van der Waals surface area contributed by atoms with Crippen molar-refractivity contribution in [1.82, 2.24) is 0 Å². The molecular weight excluding hydrogens is 399 g/mol. The second-order valence-corrected chi connectivity index (χ2v) is 8.66. The van der Waals surface area contributed by atoms with Crippen LogP contribution in [0, 0.1) is 11.2 Å². The molecule has 0 aliphatic carbocycles. The van der Waals surface area contributed by atoms with Crippen LogP contribution in [0.4, 0.5) is 4.39 Å². The lowest BCUT2D eigenvalue weighted by molar-refractivity contribution is -0.0301. The maximum absolute atomic E-state index is 14.9. The lowest BCUT2D eigenvalue weighted by Gasteiger charge is -2.33. The zero-order valence-electron chi connectivity index (χ0n) is 20.5. The first kappa shape index (κ1) is 25.6. The van der Waals surface area contributed by atoms with Gasteiger partial charge >= 0.3 is 0 Å². The SMILES string of the molecule is CC.CCc1ccc(-c2cc(OC)ccc2F)c(C(OCc2ccccc2)C(C)(C)C)c1. The fourth-order valence-corrected chi connectivity index (χ4v) is 3.69. The van der Waals surface area contributed by atoms with Gasteiger partial charge in [-0.05, 0) is 52.3 Å². The van der Waals surface area contributed by atoms with E-state index in [9.17, 15) is 4.39 Å². The van der Waals surface area contributed by atoms with Crippen LogP contribution in [-0.2, 0) is 17.8 Å². The molecule has 0 fully saturated rings. The molecule has 0 saturated carbocycles. The molecule has 0 heterocycles. The van der Waals surface area contributed by atoms with E-state index < -0.39 is 0 Å². The Morgan fingerprint density at radius 3 is 2.12 bits per heavy atom. The normalized spacial score (nSPS) is 12.0. The van der Waals surface area contributed by atoms with E-state index in [1.165, 1.54) is 11.6 Å².